The predicted octanol–water partition coefficient (Wildman–Crippen LogP) is -0.289. The van der Waals surface area contributed by atoms with Crippen LogP contribution in [-0.2, 0) is 4.74 Å². The molecule has 0 spiro atoms. The zero-order valence-corrected chi connectivity index (χ0v) is 9.67. The quantitative estimate of drug-likeness (QED) is 0.749. The van der Waals surface area contributed by atoms with Crippen molar-refractivity contribution in [2.75, 3.05) is 6.61 Å². The van der Waals surface area contributed by atoms with E-state index in [0.29, 0.717) is 12.2 Å². The Labute approximate surface area is 99.6 Å². The van der Waals surface area contributed by atoms with E-state index in [1.54, 1.807) is 0 Å². The molecule has 2 rings (SSSR count). The fourth-order valence-electron chi connectivity index (χ4n) is 1.88. The molecule has 92 valence electrons. The monoisotopic (exact) mass is 236 g/mol. The first-order valence-corrected chi connectivity index (χ1v) is 5.65. The third-order valence-corrected chi connectivity index (χ3v) is 2.87. The summed E-state index contributed by atoms with van der Waals surface area (Å²) in [6.45, 7) is 2.55. The Kier molecular flexibility index (Phi) is 3.65. The lowest BCUT2D eigenvalue weighted by atomic mass is 9.83. The van der Waals surface area contributed by atoms with Crippen LogP contribution in [0.5, 0.6) is 0 Å². The van der Waals surface area contributed by atoms with Gasteiger partial charge in [-0.1, -0.05) is 0 Å². The molecule has 0 aliphatic heterocycles. The molecule has 1 aliphatic rings. The number of carbonyl (C=O) groups is 1. The first-order valence-electron chi connectivity index (χ1n) is 5.65. The van der Waals surface area contributed by atoms with Gasteiger partial charge < -0.3 is 15.8 Å². The second-order valence-electron chi connectivity index (χ2n) is 4.02. The number of nitrogens with one attached hydrogen (secondary N) is 1. The van der Waals surface area contributed by atoms with Crippen molar-refractivity contribution in [3.05, 3.63) is 24.3 Å². The summed E-state index contributed by atoms with van der Waals surface area (Å²) in [6, 6.07) is -0.164. The van der Waals surface area contributed by atoms with Crippen LogP contribution >= 0.6 is 0 Å². The van der Waals surface area contributed by atoms with Gasteiger partial charge in [-0.3, -0.25) is 4.79 Å². The Morgan fingerprint density at radius 1 is 1.59 bits per heavy atom. The first-order chi connectivity index (χ1) is 8.22. The maximum absolute atomic E-state index is 11.8. The molecule has 0 bridgehead atoms. The second-order valence-corrected chi connectivity index (χ2v) is 4.02. The topological polar surface area (TPSA) is 90.1 Å². The molecule has 6 nitrogen and oxygen atoms in total. The normalized spacial score (nSPS) is 27.3. The van der Waals surface area contributed by atoms with Crippen LogP contribution in [0.1, 0.15) is 23.7 Å². The summed E-state index contributed by atoms with van der Waals surface area (Å²) in [5.41, 5.74) is 6.28. The molecule has 1 fully saturated rings. The van der Waals surface area contributed by atoms with Crippen LogP contribution in [0, 0.1) is 0 Å². The molecule has 1 amide bonds. The van der Waals surface area contributed by atoms with Gasteiger partial charge in [-0.15, -0.1) is 0 Å². The van der Waals surface area contributed by atoms with Gasteiger partial charge in [0.05, 0.1) is 17.7 Å². The van der Waals surface area contributed by atoms with E-state index in [1.165, 1.54) is 18.7 Å². The smallest absolute Gasteiger partial charge is 0.254 e. The van der Waals surface area contributed by atoms with Crippen molar-refractivity contribution in [2.24, 2.45) is 5.73 Å². The second kappa shape index (κ2) is 5.20. The van der Waals surface area contributed by atoms with Crippen molar-refractivity contribution in [3.8, 4) is 0 Å². The minimum absolute atomic E-state index is 0.0172. The standard InChI is InChI=1S/C11H16N4O2/c1-2-17-9-3-8(12)10(9)15-11(16)7-4-13-6-14-5-7/h4-6,8-10H,2-3,12H2,1H3,(H,15,16). The summed E-state index contributed by atoms with van der Waals surface area (Å²) < 4.78 is 5.47. The van der Waals surface area contributed by atoms with Gasteiger partial charge in [0, 0.05) is 25.0 Å². The van der Waals surface area contributed by atoms with Crippen molar-refractivity contribution in [1.29, 1.82) is 0 Å². The average molecular weight is 236 g/mol. The number of rotatable bonds is 4. The molecule has 1 saturated carbocycles. The molecule has 1 aromatic rings. The molecule has 1 aromatic heterocycles. The van der Waals surface area contributed by atoms with E-state index < -0.39 is 0 Å². The molecule has 1 heterocycles. The molecule has 0 radical (unpaired) electrons. The Balaban J connectivity index is 1.94. The Morgan fingerprint density at radius 2 is 2.29 bits per heavy atom. The van der Waals surface area contributed by atoms with Crippen LogP contribution in [0.15, 0.2) is 18.7 Å². The molecule has 3 N–H and O–H groups in total. The van der Waals surface area contributed by atoms with E-state index in [4.69, 9.17) is 10.5 Å². The van der Waals surface area contributed by atoms with Crippen molar-refractivity contribution < 1.29 is 9.53 Å². The van der Waals surface area contributed by atoms with Crippen LogP contribution < -0.4 is 11.1 Å². The Morgan fingerprint density at radius 3 is 2.88 bits per heavy atom. The minimum Gasteiger partial charge on any atom is -0.376 e. The van der Waals surface area contributed by atoms with E-state index in [2.05, 4.69) is 15.3 Å². The number of hydrogen-bond acceptors (Lipinski definition) is 5. The third-order valence-electron chi connectivity index (χ3n) is 2.87. The van der Waals surface area contributed by atoms with E-state index in [9.17, 15) is 4.79 Å². The van der Waals surface area contributed by atoms with Gasteiger partial charge in [-0.05, 0) is 13.3 Å². The number of hydrogen-bond donors (Lipinski definition) is 2. The van der Waals surface area contributed by atoms with E-state index in [1.807, 2.05) is 6.92 Å². The van der Waals surface area contributed by atoms with Gasteiger partial charge in [-0.2, -0.15) is 0 Å². The van der Waals surface area contributed by atoms with Crippen LogP contribution in [0.4, 0.5) is 0 Å². The van der Waals surface area contributed by atoms with Gasteiger partial charge in [0.2, 0.25) is 0 Å². The van der Waals surface area contributed by atoms with Gasteiger partial charge >= 0.3 is 0 Å². The predicted molar refractivity (Wildman–Crippen MR) is 61.3 cm³/mol. The molecular weight excluding hydrogens is 220 g/mol. The Hall–Kier alpha value is -1.53. The lowest BCUT2D eigenvalue weighted by Crippen LogP contribution is -2.64. The number of carbonyl (C=O) groups excluding carboxylic acids is 1. The SMILES string of the molecule is CCOC1CC(N)C1NC(=O)c1cncnc1. The highest BCUT2D eigenvalue weighted by Crippen LogP contribution is 2.22. The Bertz CT molecular complexity index is 382. The largest absolute Gasteiger partial charge is 0.376 e. The molecular formula is C11H16N4O2. The third kappa shape index (κ3) is 2.59. The summed E-state index contributed by atoms with van der Waals surface area (Å²) in [5.74, 6) is -0.213. The maximum Gasteiger partial charge on any atom is 0.254 e. The van der Waals surface area contributed by atoms with E-state index >= 15 is 0 Å². The zero-order chi connectivity index (χ0) is 12.3. The fourth-order valence-corrected chi connectivity index (χ4v) is 1.88. The van der Waals surface area contributed by atoms with Crippen LogP contribution in [0.25, 0.3) is 0 Å². The number of amides is 1. The minimum atomic E-state index is -0.213. The summed E-state index contributed by atoms with van der Waals surface area (Å²) >= 11 is 0. The van der Waals surface area contributed by atoms with Crippen molar-refractivity contribution in [3.63, 3.8) is 0 Å². The number of nitrogens with two attached hydrogens (primary N) is 1. The number of ether oxygens (including phenoxy) is 1. The molecule has 6 heteroatoms. The zero-order valence-electron chi connectivity index (χ0n) is 9.67. The summed E-state index contributed by atoms with van der Waals surface area (Å²) in [6.07, 6.45) is 5.13. The molecule has 3 unspecified atom stereocenters. The van der Waals surface area contributed by atoms with E-state index in [-0.39, 0.29) is 24.1 Å². The highest BCUT2D eigenvalue weighted by molar-refractivity contribution is 5.93. The van der Waals surface area contributed by atoms with Gasteiger partial charge in [0.15, 0.2) is 0 Å². The molecule has 0 saturated heterocycles. The summed E-state index contributed by atoms with van der Waals surface area (Å²) in [5, 5.41) is 2.85. The van der Waals surface area contributed by atoms with Crippen molar-refractivity contribution >= 4 is 5.91 Å². The van der Waals surface area contributed by atoms with Crippen molar-refractivity contribution in [2.45, 2.75) is 31.5 Å². The highest BCUT2D eigenvalue weighted by Gasteiger charge is 2.40. The summed E-state index contributed by atoms with van der Waals surface area (Å²) in [7, 11) is 0. The molecule has 17 heavy (non-hydrogen) atoms. The molecule has 0 aromatic carbocycles. The van der Waals surface area contributed by atoms with Gasteiger partial charge in [0.1, 0.15) is 6.33 Å². The lowest BCUT2D eigenvalue weighted by Gasteiger charge is -2.42. The van der Waals surface area contributed by atoms with Gasteiger partial charge in [0.25, 0.3) is 5.91 Å². The van der Waals surface area contributed by atoms with Crippen LogP contribution in [-0.4, -0.2) is 40.7 Å². The fraction of sp³-hybridized carbons (Fsp3) is 0.545. The van der Waals surface area contributed by atoms with E-state index in [0.717, 1.165) is 6.42 Å². The van der Waals surface area contributed by atoms with Crippen LogP contribution in [0.3, 0.4) is 0 Å². The molecule has 1 aliphatic carbocycles. The van der Waals surface area contributed by atoms with Crippen LogP contribution in [0.2, 0.25) is 0 Å². The maximum atomic E-state index is 11.8. The number of aromatic nitrogens is 2. The average Bonchev–Trinajstić information content (AvgIpc) is 2.36. The lowest BCUT2D eigenvalue weighted by molar-refractivity contribution is -0.0300. The molecule has 3 atom stereocenters. The van der Waals surface area contributed by atoms with Gasteiger partial charge in [-0.25, -0.2) is 9.97 Å². The number of nitrogens with zero attached hydrogens (tertiary/aromatic N) is 2. The highest BCUT2D eigenvalue weighted by atomic mass is 16.5. The van der Waals surface area contributed by atoms with Crippen molar-refractivity contribution in [1.82, 2.24) is 15.3 Å². The summed E-state index contributed by atoms with van der Waals surface area (Å²) in [4.78, 5) is 19.4. The first kappa shape index (κ1) is 11.9.